The molecule has 2 aromatic heterocycles. The maximum atomic E-state index is 13.3. The zero-order chi connectivity index (χ0) is 25.0. The van der Waals surface area contributed by atoms with Gasteiger partial charge in [-0.15, -0.1) is 0 Å². The Morgan fingerprint density at radius 2 is 2.06 bits per heavy atom. The number of amides is 2. The summed E-state index contributed by atoms with van der Waals surface area (Å²) in [5, 5.41) is 8.96. The lowest BCUT2D eigenvalue weighted by molar-refractivity contribution is -0.132. The number of aromatic amines is 1. The first-order valence-corrected chi connectivity index (χ1v) is 11.7. The average Bonchev–Trinajstić information content (AvgIpc) is 2.85. The van der Waals surface area contributed by atoms with Crippen molar-refractivity contribution in [3.05, 3.63) is 57.8 Å². The van der Waals surface area contributed by atoms with E-state index >= 15 is 0 Å². The molecule has 11 nitrogen and oxygen atoms in total. The van der Waals surface area contributed by atoms with Crippen LogP contribution in [0.3, 0.4) is 0 Å². The van der Waals surface area contributed by atoms with Crippen LogP contribution < -0.4 is 10.9 Å². The molecule has 2 fully saturated rings. The number of esters is 1. The Balaban J connectivity index is 1.55. The summed E-state index contributed by atoms with van der Waals surface area (Å²) >= 11 is 0. The third kappa shape index (κ3) is 5.24. The number of rotatable bonds is 5. The van der Waals surface area contributed by atoms with Crippen LogP contribution in [0.4, 0.5) is 0 Å². The van der Waals surface area contributed by atoms with Crippen molar-refractivity contribution in [2.24, 2.45) is 0 Å². The minimum absolute atomic E-state index is 0.0112. The first-order valence-electron chi connectivity index (χ1n) is 11.7. The van der Waals surface area contributed by atoms with E-state index < -0.39 is 35.0 Å². The number of carbonyl (C=O) groups is 3. The van der Waals surface area contributed by atoms with E-state index in [2.05, 4.69) is 20.5 Å². The number of pyridine rings is 1. The van der Waals surface area contributed by atoms with Crippen molar-refractivity contribution in [2.75, 3.05) is 19.7 Å². The predicted octanol–water partition coefficient (Wildman–Crippen LogP) is 1.31. The normalized spacial score (nSPS) is 22.1. The van der Waals surface area contributed by atoms with Gasteiger partial charge in [0, 0.05) is 18.9 Å². The van der Waals surface area contributed by atoms with Crippen LogP contribution in [0.15, 0.2) is 35.4 Å². The van der Waals surface area contributed by atoms with E-state index in [0.29, 0.717) is 19.4 Å². The summed E-state index contributed by atoms with van der Waals surface area (Å²) in [6.07, 6.45) is 5.49. The molecule has 11 heteroatoms. The number of hydrogen-bond donors (Lipinski definition) is 2. The maximum absolute atomic E-state index is 13.3. The lowest BCUT2D eigenvalue weighted by atomic mass is 9.78. The maximum Gasteiger partial charge on any atom is 0.358 e. The largest absolute Gasteiger partial charge is 0.458 e. The van der Waals surface area contributed by atoms with Gasteiger partial charge in [-0.3, -0.25) is 14.4 Å². The van der Waals surface area contributed by atoms with Gasteiger partial charge in [0.25, 0.3) is 17.4 Å². The number of H-pyrrole nitrogens is 1. The van der Waals surface area contributed by atoms with E-state index in [-0.39, 0.29) is 36.1 Å². The highest BCUT2D eigenvalue weighted by Crippen LogP contribution is 2.35. The highest BCUT2D eigenvalue weighted by Gasteiger charge is 2.47. The van der Waals surface area contributed by atoms with Crippen LogP contribution in [0.25, 0.3) is 0 Å². The van der Waals surface area contributed by atoms with Gasteiger partial charge in [0.15, 0.2) is 5.69 Å². The second kappa shape index (κ2) is 10.3. The fourth-order valence-corrected chi connectivity index (χ4v) is 4.70. The van der Waals surface area contributed by atoms with Gasteiger partial charge in [-0.1, -0.05) is 12.8 Å². The van der Waals surface area contributed by atoms with Crippen LogP contribution in [0.2, 0.25) is 0 Å². The van der Waals surface area contributed by atoms with Crippen LogP contribution in [-0.2, 0) is 9.47 Å². The number of carbonyl (C=O) groups excluding carboxylic acids is 3. The number of ether oxygens (including phenoxy) is 2. The van der Waals surface area contributed by atoms with Crippen LogP contribution >= 0.6 is 0 Å². The molecular formula is C24H29N5O6. The fraction of sp³-hybridized carbons (Fsp3) is 0.500. The smallest absolute Gasteiger partial charge is 0.358 e. The van der Waals surface area contributed by atoms with Crippen LogP contribution in [0, 0.1) is 0 Å². The first-order chi connectivity index (χ1) is 16.8. The summed E-state index contributed by atoms with van der Waals surface area (Å²) in [6, 6.07) is 4.11. The van der Waals surface area contributed by atoms with Crippen LogP contribution in [0.1, 0.15) is 70.7 Å². The summed E-state index contributed by atoms with van der Waals surface area (Å²) in [6.45, 7) is 4.28. The molecule has 2 aliphatic rings. The number of morpholine rings is 1. The Labute approximate surface area is 202 Å². The summed E-state index contributed by atoms with van der Waals surface area (Å²) < 4.78 is 11.5. The molecule has 0 bridgehead atoms. The highest BCUT2D eigenvalue weighted by atomic mass is 16.5. The fourth-order valence-electron chi connectivity index (χ4n) is 4.70. The van der Waals surface area contributed by atoms with Gasteiger partial charge in [-0.05, 0) is 44.9 Å². The van der Waals surface area contributed by atoms with Gasteiger partial charge in [0.2, 0.25) is 0 Å². The molecule has 2 aromatic rings. The quantitative estimate of drug-likeness (QED) is 0.606. The third-order valence-electron chi connectivity index (χ3n) is 6.32. The first kappa shape index (κ1) is 24.5. The zero-order valence-corrected chi connectivity index (χ0v) is 19.8. The van der Waals surface area contributed by atoms with Gasteiger partial charge in [0.05, 0.1) is 30.9 Å². The van der Waals surface area contributed by atoms with Gasteiger partial charge in [0.1, 0.15) is 11.2 Å². The molecule has 1 saturated heterocycles. The van der Waals surface area contributed by atoms with E-state index in [9.17, 15) is 19.2 Å². The van der Waals surface area contributed by atoms with Crippen molar-refractivity contribution < 1.29 is 23.9 Å². The van der Waals surface area contributed by atoms with Gasteiger partial charge >= 0.3 is 5.97 Å². The van der Waals surface area contributed by atoms with Crippen molar-refractivity contribution >= 4 is 17.8 Å². The lowest BCUT2D eigenvalue weighted by Gasteiger charge is -2.49. The summed E-state index contributed by atoms with van der Waals surface area (Å²) in [7, 11) is 0. The van der Waals surface area contributed by atoms with Crippen molar-refractivity contribution in [2.45, 2.75) is 57.3 Å². The van der Waals surface area contributed by atoms with Crippen molar-refractivity contribution in [1.82, 2.24) is 25.4 Å². The molecule has 35 heavy (non-hydrogen) atoms. The molecule has 2 amide bonds. The molecule has 0 unspecified atom stereocenters. The Morgan fingerprint density at radius 1 is 1.23 bits per heavy atom. The minimum atomic E-state index is -0.803. The standard InChI is InChI=1S/C24H29N5O6/c1-15(2)35-23(33)19-16(6-5-10-25-19)20(30)27-18-7-3-4-9-24(18)14-29(12-13-34-24)22(32)17-8-11-26-28-21(17)31/h5-6,8,10-11,15,18H,3-4,7,9,12-14H2,1-2H3,(H,27,30)(H,28,31)/t18-,24+/m1/s1. The molecule has 186 valence electrons. The Kier molecular flexibility index (Phi) is 7.25. The third-order valence-corrected chi connectivity index (χ3v) is 6.32. The molecule has 2 N–H and O–H groups in total. The lowest BCUT2D eigenvalue weighted by Crippen LogP contribution is -2.65. The molecule has 3 heterocycles. The predicted molar refractivity (Wildman–Crippen MR) is 124 cm³/mol. The molecule has 1 aliphatic carbocycles. The molecule has 1 saturated carbocycles. The summed E-state index contributed by atoms with van der Waals surface area (Å²) in [5.74, 6) is -1.53. The Morgan fingerprint density at radius 3 is 2.83 bits per heavy atom. The Hall–Kier alpha value is -3.60. The highest BCUT2D eigenvalue weighted by molar-refractivity contribution is 6.04. The molecule has 2 atom stereocenters. The Bertz CT molecular complexity index is 1160. The molecule has 1 aliphatic heterocycles. The second-order valence-corrected chi connectivity index (χ2v) is 9.06. The van der Waals surface area contributed by atoms with Crippen molar-refractivity contribution in [3.8, 4) is 0 Å². The topological polar surface area (TPSA) is 144 Å². The second-order valence-electron chi connectivity index (χ2n) is 9.06. The number of hydrogen-bond acceptors (Lipinski definition) is 8. The van der Waals surface area contributed by atoms with Gasteiger partial charge in [-0.2, -0.15) is 5.10 Å². The van der Waals surface area contributed by atoms with Crippen LogP contribution in [0.5, 0.6) is 0 Å². The van der Waals surface area contributed by atoms with E-state index in [4.69, 9.17) is 9.47 Å². The molecular weight excluding hydrogens is 454 g/mol. The van der Waals surface area contributed by atoms with Crippen LogP contribution in [-0.4, -0.2) is 75.3 Å². The summed E-state index contributed by atoms with van der Waals surface area (Å²) in [5.41, 5.74) is -1.28. The SMILES string of the molecule is CC(C)OC(=O)c1ncccc1C(=O)N[C@@H]1CCCC[C@]12CN(C(=O)c1ccn[nH]c1=O)CCO2. The van der Waals surface area contributed by atoms with Crippen molar-refractivity contribution in [1.29, 1.82) is 0 Å². The van der Waals surface area contributed by atoms with Crippen molar-refractivity contribution in [3.63, 3.8) is 0 Å². The average molecular weight is 484 g/mol. The van der Waals surface area contributed by atoms with Gasteiger partial charge < -0.3 is 19.7 Å². The molecule has 0 radical (unpaired) electrons. The molecule has 0 aromatic carbocycles. The number of nitrogens with one attached hydrogen (secondary N) is 2. The molecule has 4 rings (SSSR count). The monoisotopic (exact) mass is 483 g/mol. The number of aromatic nitrogens is 3. The van der Waals surface area contributed by atoms with E-state index in [0.717, 1.165) is 12.8 Å². The molecule has 1 spiro atoms. The summed E-state index contributed by atoms with van der Waals surface area (Å²) in [4.78, 5) is 56.6. The van der Waals surface area contributed by atoms with E-state index in [1.165, 1.54) is 24.5 Å². The van der Waals surface area contributed by atoms with E-state index in [1.54, 1.807) is 24.8 Å². The number of nitrogens with zero attached hydrogens (tertiary/aromatic N) is 3. The minimum Gasteiger partial charge on any atom is -0.458 e. The van der Waals surface area contributed by atoms with E-state index in [1.807, 2.05) is 0 Å². The zero-order valence-electron chi connectivity index (χ0n) is 19.8. The van der Waals surface area contributed by atoms with Gasteiger partial charge in [-0.25, -0.2) is 14.9 Å².